The summed E-state index contributed by atoms with van der Waals surface area (Å²) in [5, 5.41) is 7.66. The van der Waals surface area contributed by atoms with E-state index < -0.39 is 29.1 Å². The van der Waals surface area contributed by atoms with Crippen molar-refractivity contribution in [2.45, 2.75) is 12.7 Å². The second kappa shape index (κ2) is 7.01. The molecule has 4 rings (SSSR count). The Labute approximate surface area is 165 Å². The van der Waals surface area contributed by atoms with Crippen LogP contribution >= 0.6 is 0 Å². The highest BCUT2D eigenvalue weighted by atomic mass is 19.4. The van der Waals surface area contributed by atoms with Gasteiger partial charge in [0.25, 0.3) is 0 Å². The first kappa shape index (κ1) is 19.7. The van der Waals surface area contributed by atoms with Gasteiger partial charge in [-0.05, 0) is 35.9 Å². The molecule has 0 saturated carbocycles. The summed E-state index contributed by atoms with van der Waals surface area (Å²) < 4.78 is 69.2. The van der Waals surface area contributed by atoms with E-state index in [1.54, 1.807) is 12.1 Å². The number of hydrogen-bond donors (Lipinski definition) is 0. The Bertz CT molecular complexity index is 1310. The van der Waals surface area contributed by atoms with Crippen LogP contribution in [0.4, 0.5) is 22.0 Å². The lowest BCUT2D eigenvalue weighted by Gasteiger charge is -2.11. The highest BCUT2D eigenvalue weighted by Crippen LogP contribution is 2.35. The molecular formula is C19H12F5N5O. The number of pyridine rings is 1. The second-order valence-electron chi connectivity index (χ2n) is 6.53. The van der Waals surface area contributed by atoms with E-state index in [4.69, 9.17) is 0 Å². The molecule has 4 aromatic rings. The molecule has 154 valence electrons. The summed E-state index contributed by atoms with van der Waals surface area (Å²) in [5.74, 6) is -3.61. The van der Waals surface area contributed by atoms with Gasteiger partial charge in [0.1, 0.15) is 0 Å². The van der Waals surface area contributed by atoms with Crippen LogP contribution in [0.15, 0.2) is 47.5 Å². The lowest BCUT2D eigenvalue weighted by atomic mass is 10.0. The largest absolute Gasteiger partial charge is 0.419 e. The van der Waals surface area contributed by atoms with Crippen molar-refractivity contribution < 1.29 is 22.0 Å². The van der Waals surface area contributed by atoms with E-state index in [0.29, 0.717) is 23.3 Å². The molecule has 0 fully saturated rings. The first-order chi connectivity index (χ1) is 14.2. The fraction of sp³-hybridized carbons (Fsp3) is 0.158. The normalized spacial score (nSPS) is 11.9. The lowest BCUT2D eigenvalue weighted by Crippen LogP contribution is -2.23. The van der Waals surface area contributed by atoms with Gasteiger partial charge in [0, 0.05) is 25.0 Å². The van der Waals surface area contributed by atoms with Gasteiger partial charge in [-0.25, -0.2) is 18.6 Å². The number of aryl methyl sites for hydroxylation is 1. The molecule has 0 spiro atoms. The molecule has 1 aromatic carbocycles. The van der Waals surface area contributed by atoms with Gasteiger partial charge in [-0.1, -0.05) is 0 Å². The Kier molecular flexibility index (Phi) is 4.60. The predicted octanol–water partition coefficient (Wildman–Crippen LogP) is 3.54. The van der Waals surface area contributed by atoms with Gasteiger partial charge in [-0.3, -0.25) is 9.13 Å². The molecule has 0 unspecified atom stereocenters. The Hall–Kier alpha value is -3.63. The van der Waals surface area contributed by atoms with Crippen molar-refractivity contribution in [1.29, 1.82) is 0 Å². The number of benzene rings is 1. The Morgan fingerprint density at radius 1 is 1.10 bits per heavy atom. The zero-order valence-electron chi connectivity index (χ0n) is 15.3. The molecule has 3 aromatic heterocycles. The smallest absolute Gasteiger partial charge is 0.284 e. The van der Waals surface area contributed by atoms with E-state index in [1.807, 2.05) is 0 Å². The molecule has 3 heterocycles. The van der Waals surface area contributed by atoms with Gasteiger partial charge in [0.15, 0.2) is 17.3 Å². The minimum Gasteiger partial charge on any atom is -0.284 e. The standard InChI is InChI=1S/C19H12F5N5O/c1-28-17-15(29(18(28)30)9-12-3-2-4-26-27-12)7-11(8-25-17)10-5-13(19(22,23)24)16(21)14(20)6-10/h2-8H,9H2,1H3. The summed E-state index contributed by atoms with van der Waals surface area (Å²) in [4.78, 5) is 16.7. The summed E-state index contributed by atoms with van der Waals surface area (Å²) in [5.41, 5.74) is -1.24. The van der Waals surface area contributed by atoms with Crippen molar-refractivity contribution in [3.05, 3.63) is 76.1 Å². The van der Waals surface area contributed by atoms with Crippen molar-refractivity contribution in [1.82, 2.24) is 24.3 Å². The third-order valence-corrected chi connectivity index (χ3v) is 4.59. The number of rotatable bonds is 3. The fourth-order valence-electron chi connectivity index (χ4n) is 3.13. The third kappa shape index (κ3) is 3.31. The maximum absolute atomic E-state index is 13.8. The summed E-state index contributed by atoms with van der Waals surface area (Å²) >= 11 is 0. The van der Waals surface area contributed by atoms with Gasteiger partial charge in [0.2, 0.25) is 0 Å². The predicted molar refractivity (Wildman–Crippen MR) is 96.5 cm³/mol. The van der Waals surface area contributed by atoms with E-state index in [1.165, 1.54) is 34.6 Å². The Morgan fingerprint density at radius 2 is 1.87 bits per heavy atom. The monoisotopic (exact) mass is 421 g/mol. The minimum atomic E-state index is -5.07. The van der Waals surface area contributed by atoms with Crippen LogP contribution in [-0.4, -0.2) is 24.3 Å². The molecule has 0 aliphatic heterocycles. The van der Waals surface area contributed by atoms with Crippen molar-refractivity contribution in [2.75, 3.05) is 0 Å². The number of alkyl halides is 3. The van der Waals surface area contributed by atoms with E-state index in [2.05, 4.69) is 15.2 Å². The molecular weight excluding hydrogens is 409 g/mol. The van der Waals surface area contributed by atoms with Crippen LogP contribution < -0.4 is 5.69 Å². The highest BCUT2D eigenvalue weighted by Gasteiger charge is 2.36. The quantitative estimate of drug-likeness (QED) is 0.475. The summed E-state index contributed by atoms with van der Waals surface area (Å²) in [7, 11) is 1.49. The van der Waals surface area contributed by atoms with E-state index in [-0.39, 0.29) is 23.3 Å². The summed E-state index contributed by atoms with van der Waals surface area (Å²) in [6.45, 7) is 0.0424. The van der Waals surface area contributed by atoms with Crippen LogP contribution in [-0.2, 0) is 19.8 Å². The fourth-order valence-corrected chi connectivity index (χ4v) is 3.13. The van der Waals surface area contributed by atoms with Crippen LogP contribution in [0.3, 0.4) is 0 Å². The molecule has 0 N–H and O–H groups in total. The molecule has 0 atom stereocenters. The molecule has 11 heteroatoms. The van der Waals surface area contributed by atoms with Crippen LogP contribution in [0.25, 0.3) is 22.3 Å². The molecule has 0 saturated heterocycles. The highest BCUT2D eigenvalue weighted by molar-refractivity contribution is 5.79. The minimum absolute atomic E-state index is 0.0424. The van der Waals surface area contributed by atoms with Crippen LogP contribution in [0.2, 0.25) is 0 Å². The van der Waals surface area contributed by atoms with Crippen molar-refractivity contribution in [2.24, 2.45) is 7.05 Å². The number of halogens is 5. The third-order valence-electron chi connectivity index (χ3n) is 4.59. The lowest BCUT2D eigenvalue weighted by molar-refractivity contribution is -0.140. The Balaban J connectivity index is 1.90. The topological polar surface area (TPSA) is 65.6 Å². The Morgan fingerprint density at radius 3 is 2.53 bits per heavy atom. The average Bonchev–Trinajstić information content (AvgIpc) is 2.94. The van der Waals surface area contributed by atoms with Crippen molar-refractivity contribution >= 4 is 11.2 Å². The maximum atomic E-state index is 13.8. The molecule has 6 nitrogen and oxygen atoms in total. The average molecular weight is 421 g/mol. The van der Waals surface area contributed by atoms with Gasteiger partial charge in [0.05, 0.1) is 23.3 Å². The number of imidazole rings is 1. The number of fused-ring (bicyclic) bond motifs is 1. The maximum Gasteiger partial charge on any atom is 0.419 e. The van der Waals surface area contributed by atoms with E-state index in [9.17, 15) is 26.7 Å². The zero-order valence-corrected chi connectivity index (χ0v) is 15.3. The van der Waals surface area contributed by atoms with E-state index >= 15 is 0 Å². The van der Waals surface area contributed by atoms with Gasteiger partial charge in [-0.2, -0.15) is 23.4 Å². The van der Waals surface area contributed by atoms with Crippen LogP contribution in [0.5, 0.6) is 0 Å². The van der Waals surface area contributed by atoms with Gasteiger partial charge >= 0.3 is 11.9 Å². The zero-order chi connectivity index (χ0) is 21.6. The molecule has 0 amide bonds. The van der Waals surface area contributed by atoms with Gasteiger partial charge < -0.3 is 0 Å². The molecule has 0 radical (unpaired) electrons. The van der Waals surface area contributed by atoms with Crippen LogP contribution in [0.1, 0.15) is 11.3 Å². The van der Waals surface area contributed by atoms with Crippen molar-refractivity contribution in [3.8, 4) is 11.1 Å². The number of nitrogens with zero attached hydrogens (tertiary/aromatic N) is 5. The molecule has 0 aliphatic rings. The summed E-state index contributed by atoms with van der Waals surface area (Å²) in [6, 6.07) is 5.85. The molecule has 0 bridgehead atoms. The SMILES string of the molecule is Cn1c(=O)n(Cc2cccnn2)c2cc(-c3cc(F)c(F)c(C(F)(F)F)c3)cnc21. The number of hydrogen-bond acceptors (Lipinski definition) is 4. The van der Waals surface area contributed by atoms with Crippen LogP contribution in [0, 0.1) is 11.6 Å². The number of aromatic nitrogens is 5. The second-order valence-corrected chi connectivity index (χ2v) is 6.53. The first-order valence-corrected chi connectivity index (χ1v) is 8.55. The first-order valence-electron chi connectivity index (χ1n) is 8.55. The van der Waals surface area contributed by atoms with Gasteiger partial charge in [-0.15, -0.1) is 0 Å². The van der Waals surface area contributed by atoms with Crippen molar-refractivity contribution in [3.63, 3.8) is 0 Å². The molecule has 30 heavy (non-hydrogen) atoms. The van der Waals surface area contributed by atoms with E-state index in [0.717, 1.165) is 0 Å². The molecule has 0 aliphatic carbocycles. The summed E-state index contributed by atoms with van der Waals surface area (Å²) in [6.07, 6.45) is -2.41.